The molecule has 1 saturated heterocycles. The lowest BCUT2D eigenvalue weighted by molar-refractivity contribution is -0.0120. The minimum absolute atomic E-state index is 0.129. The third-order valence-corrected chi connectivity index (χ3v) is 2.36. The van der Waals surface area contributed by atoms with Crippen molar-refractivity contribution in [3.8, 4) is 0 Å². The Morgan fingerprint density at radius 2 is 1.78 bits per heavy atom. The van der Waals surface area contributed by atoms with Gasteiger partial charge in [0.2, 0.25) is 0 Å². The van der Waals surface area contributed by atoms with E-state index < -0.39 is 11.3 Å². The van der Waals surface area contributed by atoms with Crippen LogP contribution in [-0.2, 0) is 0 Å². The largest absolute Gasteiger partial charge is 0.305 e. The van der Waals surface area contributed by atoms with Crippen molar-refractivity contribution in [3.05, 3.63) is 0 Å². The molecule has 0 aromatic carbocycles. The molecular weight excluding hydrogens is 124 g/mol. The molecule has 1 aliphatic heterocycles. The Kier molecular flexibility index (Phi) is 0.712. The molecule has 2 fully saturated rings. The molecule has 52 valence electrons. The van der Waals surface area contributed by atoms with Gasteiger partial charge >= 0.3 is 0 Å². The SMILES string of the molecule is CN1CC2(C1)CC2(F)F. The first kappa shape index (κ1) is 5.59. The molecule has 0 bridgehead atoms. The minimum atomic E-state index is -2.32. The Balaban J connectivity index is 2.03. The molecule has 1 saturated carbocycles. The summed E-state index contributed by atoms with van der Waals surface area (Å²) in [6.07, 6.45) is 0.129. The van der Waals surface area contributed by atoms with Gasteiger partial charge in [-0.1, -0.05) is 0 Å². The molecule has 2 aliphatic rings. The highest BCUT2D eigenvalue weighted by Crippen LogP contribution is 2.64. The van der Waals surface area contributed by atoms with Gasteiger partial charge in [-0.2, -0.15) is 0 Å². The normalized spacial score (nSPS) is 36.3. The summed E-state index contributed by atoms with van der Waals surface area (Å²) in [5.41, 5.74) is -0.568. The average Bonchev–Trinajstić information content (AvgIpc) is 2.06. The van der Waals surface area contributed by atoms with Crippen LogP contribution in [0.15, 0.2) is 0 Å². The molecule has 2 rings (SSSR count). The molecule has 0 aromatic rings. The summed E-state index contributed by atoms with van der Waals surface area (Å²) in [7, 11) is 1.87. The number of rotatable bonds is 0. The van der Waals surface area contributed by atoms with Crippen molar-refractivity contribution in [2.75, 3.05) is 20.1 Å². The van der Waals surface area contributed by atoms with Gasteiger partial charge in [-0.3, -0.25) is 0 Å². The number of hydrogen-bond acceptors (Lipinski definition) is 1. The molecule has 0 aromatic heterocycles. The van der Waals surface area contributed by atoms with Crippen molar-refractivity contribution < 1.29 is 8.78 Å². The predicted molar refractivity (Wildman–Crippen MR) is 29.5 cm³/mol. The maximum Gasteiger partial charge on any atom is 0.257 e. The van der Waals surface area contributed by atoms with Crippen molar-refractivity contribution in [3.63, 3.8) is 0 Å². The number of nitrogens with zero attached hydrogens (tertiary/aromatic N) is 1. The van der Waals surface area contributed by atoms with E-state index in [-0.39, 0.29) is 6.42 Å². The lowest BCUT2D eigenvalue weighted by atomic mass is 9.97. The smallest absolute Gasteiger partial charge is 0.257 e. The van der Waals surface area contributed by atoms with Crippen LogP contribution in [0.4, 0.5) is 8.78 Å². The highest BCUT2D eigenvalue weighted by molar-refractivity contribution is 5.17. The Morgan fingerprint density at radius 3 is 1.89 bits per heavy atom. The third kappa shape index (κ3) is 0.509. The van der Waals surface area contributed by atoms with Crippen molar-refractivity contribution in [2.45, 2.75) is 12.3 Å². The van der Waals surface area contributed by atoms with Gasteiger partial charge in [0.15, 0.2) is 0 Å². The second-order valence-corrected chi connectivity index (χ2v) is 3.33. The highest BCUT2D eigenvalue weighted by Gasteiger charge is 2.75. The fourth-order valence-electron chi connectivity index (χ4n) is 1.71. The lowest BCUT2D eigenvalue weighted by Crippen LogP contribution is -2.48. The maximum absolute atomic E-state index is 12.4. The Labute approximate surface area is 52.6 Å². The van der Waals surface area contributed by atoms with Crippen LogP contribution in [0.1, 0.15) is 6.42 Å². The van der Waals surface area contributed by atoms with E-state index in [1.54, 1.807) is 0 Å². The van der Waals surface area contributed by atoms with Gasteiger partial charge in [-0.15, -0.1) is 0 Å². The molecule has 9 heavy (non-hydrogen) atoms. The Bertz CT molecular complexity index is 149. The van der Waals surface area contributed by atoms with Crippen LogP contribution < -0.4 is 0 Å². The molecule has 0 atom stereocenters. The summed E-state index contributed by atoms with van der Waals surface area (Å²) in [4.78, 5) is 1.93. The first-order chi connectivity index (χ1) is 4.06. The van der Waals surface area contributed by atoms with Crippen molar-refractivity contribution in [1.82, 2.24) is 4.90 Å². The first-order valence-electron chi connectivity index (χ1n) is 3.12. The monoisotopic (exact) mass is 133 g/mol. The quantitative estimate of drug-likeness (QED) is 0.475. The Hall–Kier alpha value is -0.180. The standard InChI is InChI=1S/C6H9F2N/c1-9-3-5(4-9)2-6(5,7)8/h2-4H2,1H3. The molecule has 1 aliphatic carbocycles. The molecule has 0 N–H and O–H groups in total. The van der Waals surface area contributed by atoms with Crippen LogP contribution in [-0.4, -0.2) is 31.0 Å². The molecule has 3 heteroatoms. The molecule has 0 unspecified atom stereocenters. The van der Waals surface area contributed by atoms with E-state index in [2.05, 4.69) is 0 Å². The molecule has 1 nitrogen and oxygen atoms in total. The summed E-state index contributed by atoms with van der Waals surface area (Å²) in [5.74, 6) is -2.32. The lowest BCUT2D eigenvalue weighted by Gasteiger charge is -2.36. The van der Waals surface area contributed by atoms with Crippen molar-refractivity contribution in [1.29, 1.82) is 0 Å². The molecule has 1 heterocycles. The predicted octanol–water partition coefficient (Wildman–Crippen LogP) is 0.957. The van der Waals surface area contributed by atoms with Crippen LogP contribution in [0.2, 0.25) is 0 Å². The van der Waals surface area contributed by atoms with Crippen molar-refractivity contribution >= 4 is 0 Å². The van der Waals surface area contributed by atoms with Gasteiger partial charge in [0, 0.05) is 19.5 Å². The summed E-state index contributed by atoms with van der Waals surface area (Å²) in [5, 5.41) is 0. The van der Waals surface area contributed by atoms with Crippen LogP contribution in [0, 0.1) is 5.41 Å². The van der Waals surface area contributed by atoms with E-state index in [0.717, 1.165) is 0 Å². The minimum Gasteiger partial charge on any atom is -0.305 e. The molecule has 0 amide bonds. The number of halogens is 2. The van der Waals surface area contributed by atoms with E-state index >= 15 is 0 Å². The van der Waals surface area contributed by atoms with Gasteiger partial charge in [-0.05, 0) is 7.05 Å². The maximum atomic E-state index is 12.4. The van der Waals surface area contributed by atoms with E-state index in [0.29, 0.717) is 13.1 Å². The molecule has 0 radical (unpaired) electrons. The van der Waals surface area contributed by atoms with E-state index in [9.17, 15) is 8.78 Å². The first-order valence-corrected chi connectivity index (χ1v) is 3.12. The van der Waals surface area contributed by atoms with Gasteiger partial charge < -0.3 is 4.90 Å². The molecular formula is C6H9F2N. The summed E-state index contributed by atoms with van der Waals surface area (Å²) >= 11 is 0. The van der Waals surface area contributed by atoms with Gasteiger partial charge in [0.25, 0.3) is 5.92 Å². The van der Waals surface area contributed by atoms with Crippen LogP contribution in [0.25, 0.3) is 0 Å². The fourth-order valence-corrected chi connectivity index (χ4v) is 1.71. The van der Waals surface area contributed by atoms with Gasteiger partial charge in [-0.25, -0.2) is 8.78 Å². The Morgan fingerprint density at radius 1 is 1.33 bits per heavy atom. The van der Waals surface area contributed by atoms with Crippen molar-refractivity contribution in [2.24, 2.45) is 5.41 Å². The van der Waals surface area contributed by atoms with E-state index in [1.165, 1.54) is 0 Å². The average molecular weight is 133 g/mol. The topological polar surface area (TPSA) is 3.24 Å². The number of hydrogen-bond donors (Lipinski definition) is 0. The summed E-state index contributed by atoms with van der Waals surface area (Å²) in [6, 6.07) is 0. The van der Waals surface area contributed by atoms with Crippen LogP contribution in [0.5, 0.6) is 0 Å². The zero-order chi connectivity index (χ0) is 6.70. The highest BCUT2D eigenvalue weighted by atomic mass is 19.3. The number of alkyl halides is 2. The van der Waals surface area contributed by atoms with E-state index in [4.69, 9.17) is 0 Å². The summed E-state index contributed by atoms with van der Waals surface area (Å²) < 4.78 is 24.8. The zero-order valence-electron chi connectivity index (χ0n) is 5.32. The second kappa shape index (κ2) is 1.15. The third-order valence-electron chi connectivity index (χ3n) is 2.36. The summed E-state index contributed by atoms with van der Waals surface area (Å²) in [6.45, 7) is 1.19. The second-order valence-electron chi connectivity index (χ2n) is 3.33. The number of likely N-dealkylation sites (tertiary alicyclic amines) is 1. The fraction of sp³-hybridized carbons (Fsp3) is 1.00. The zero-order valence-corrected chi connectivity index (χ0v) is 5.32. The van der Waals surface area contributed by atoms with Gasteiger partial charge in [0.1, 0.15) is 0 Å². The van der Waals surface area contributed by atoms with E-state index in [1.807, 2.05) is 11.9 Å². The van der Waals surface area contributed by atoms with Crippen LogP contribution >= 0.6 is 0 Å². The van der Waals surface area contributed by atoms with Crippen LogP contribution in [0.3, 0.4) is 0 Å². The van der Waals surface area contributed by atoms with Gasteiger partial charge in [0.05, 0.1) is 5.41 Å². The molecule has 1 spiro atoms.